The first kappa shape index (κ1) is 36.9. The SMILES string of the molecule is CC(C)c1cccc(C(C)C)c1-n1ccnc1-c1cccc(Oc2cccc(-c3nc(-c4nccc5ccccc45)cc4ccccc34)c2)c1.Oc1ccccc1. The third kappa shape index (κ3) is 7.89. The van der Waals surface area contributed by atoms with Crippen molar-refractivity contribution in [3.8, 4) is 57.0 Å². The molecule has 0 amide bonds. The van der Waals surface area contributed by atoms with Crippen molar-refractivity contribution in [2.75, 3.05) is 0 Å². The number of imidazole rings is 1. The smallest absolute Gasteiger partial charge is 0.144 e. The number of rotatable bonds is 8. The van der Waals surface area contributed by atoms with Crippen molar-refractivity contribution in [2.24, 2.45) is 0 Å². The summed E-state index contributed by atoms with van der Waals surface area (Å²) in [6.45, 7) is 8.99. The molecule has 280 valence electrons. The van der Waals surface area contributed by atoms with Gasteiger partial charge in [-0.3, -0.25) is 9.55 Å². The van der Waals surface area contributed by atoms with Gasteiger partial charge in [-0.1, -0.05) is 137 Å². The monoisotopic (exact) mass is 744 g/mol. The molecule has 0 saturated carbocycles. The van der Waals surface area contributed by atoms with E-state index >= 15 is 0 Å². The van der Waals surface area contributed by atoms with Crippen molar-refractivity contribution in [2.45, 2.75) is 39.5 Å². The molecular formula is C51H44N4O2. The van der Waals surface area contributed by atoms with Gasteiger partial charge in [0.1, 0.15) is 23.1 Å². The van der Waals surface area contributed by atoms with Gasteiger partial charge in [-0.25, -0.2) is 9.97 Å². The second-order valence-corrected chi connectivity index (χ2v) is 14.7. The Balaban J connectivity index is 0.000000589. The topological polar surface area (TPSA) is 73.1 Å². The molecule has 0 aliphatic heterocycles. The number of nitrogens with zero attached hydrogens (tertiary/aromatic N) is 4. The average Bonchev–Trinajstić information content (AvgIpc) is 3.73. The minimum absolute atomic E-state index is 0.322. The summed E-state index contributed by atoms with van der Waals surface area (Å²) in [5.74, 6) is 3.42. The molecule has 0 aliphatic rings. The molecule has 3 heterocycles. The molecule has 0 atom stereocenters. The number of phenols is 1. The van der Waals surface area contributed by atoms with Gasteiger partial charge in [0.15, 0.2) is 0 Å². The van der Waals surface area contributed by atoms with E-state index in [2.05, 4.69) is 129 Å². The molecule has 0 radical (unpaired) electrons. The van der Waals surface area contributed by atoms with Gasteiger partial charge in [-0.2, -0.15) is 0 Å². The first-order valence-corrected chi connectivity index (χ1v) is 19.4. The highest BCUT2D eigenvalue weighted by Gasteiger charge is 2.19. The van der Waals surface area contributed by atoms with Crippen molar-refractivity contribution in [3.05, 3.63) is 187 Å². The zero-order chi connectivity index (χ0) is 39.3. The van der Waals surface area contributed by atoms with Crippen LogP contribution in [0.3, 0.4) is 0 Å². The highest BCUT2D eigenvalue weighted by molar-refractivity contribution is 6.00. The van der Waals surface area contributed by atoms with E-state index in [1.54, 1.807) is 24.3 Å². The second kappa shape index (κ2) is 16.4. The maximum atomic E-state index is 8.63. The van der Waals surface area contributed by atoms with Crippen molar-refractivity contribution >= 4 is 21.5 Å². The van der Waals surface area contributed by atoms with Crippen LogP contribution < -0.4 is 4.74 Å². The van der Waals surface area contributed by atoms with Crippen LogP contribution in [0.2, 0.25) is 0 Å². The predicted molar refractivity (Wildman–Crippen MR) is 233 cm³/mol. The van der Waals surface area contributed by atoms with Crippen LogP contribution in [-0.4, -0.2) is 24.6 Å². The maximum absolute atomic E-state index is 8.63. The first-order chi connectivity index (χ1) is 27.8. The Morgan fingerprint density at radius 1 is 0.526 bits per heavy atom. The number of fused-ring (bicyclic) bond motifs is 2. The number of hydrogen-bond acceptors (Lipinski definition) is 5. The summed E-state index contributed by atoms with van der Waals surface area (Å²) in [5.41, 5.74) is 8.38. The van der Waals surface area contributed by atoms with E-state index in [9.17, 15) is 0 Å². The molecule has 9 aromatic rings. The number of aromatic nitrogens is 4. The number of ether oxygens (including phenoxy) is 1. The molecule has 0 spiro atoms. The van der Waals surface area contributed by atoms with Gasteiger partial charge in [0.05, 0.1) is 22.8 Å². The van der Waals surface area contributed by atoms with Gasteiger partial charge < -0.3 is 9.84 Å². The molecule has 3 aromatic heterocycles. The Kier molecular flexibility index (Phi) is 10.6. The van der Waals surface area contributed by atoms with Gasteiger partial charge in [-0.05, 0) is 82.3 Å². The molecule has 6 heteroatoms. The minimum Gasteiger partial charge on any atom is -0.508 e. The zero-order valence-electron chi connectivity index (χ0n) is 32.5. The number of hydrogen-bond donors (Lipinski definition) is 1. The van der Waals surface area contributed by atoms with Crippen molar-refractivity contribution < 1.29 is 9.84 Å². The highest BCUT2D eigenvalue weighted by Crippen LogP contribution is 2.37. The number of benzene rings is 6. The Bertz CT molecular complexity index is 2780. The van der Waals surface area contributed by atoms with Crippen LogP contribution in [0, 0.1) is 0 Å². The van der Waals surface area contributed by atoms with E-state index in [4.69, 9.17) is 24.8 Å². The van der Waals surface area contributed by atoms with E-state index in [-0.39, 0.29) is 0 Å². The lowest BCUT2D eigenvalue weighted by molar-refractivity contribution is 0.475. The van der Waals surface area contributed by atoms with Crippen LogP contribution in [0.15, 0.2) is 176 Å². The van der Waals surface area contributed by atoms with E-state index in [1.165, 1.54) is 16.8 Å². The first-order valence-electron chi connectivity index (χ1n) is 19.4. The van der Waals surface area contributed by atoms with Crippen LogP contribution in [0.25, 0.3) is 61.3 Å². The summed E-state index contributed by atoms with van der Waals surface area (Å²) in [4.78, 5) is 14.9. The average molecular weight is 745 g/mol. The molecule has 1 N–H and O–H groups in total. The van der Waals surface area contributed by atoms with Gasteiger partial charge >= 0.3 is 0 Å². The minimum atomic E-state index is 0.322. The molecule has 0 fully saturated rings. The summed E-state index contributed by atoms with van der Waals surface area (Å²) >= 11 is 0. The fourth-order valence-corrected chi connectivity index (χ4v) is 7.32. The summed E-state index contributed by atoms with van der Waals surface area (Å²) < 4.78 is 8.79. The fourth-order valence-electron chi connectivity index (χ4n) is 7.32. The Hall–Kier alpha value is -7.05. The Labute approximate surface area is 333 Å². The highest BCUT2D eigenvalue weighted by atomic mass is 16.5. The predicted octanol–water partition coefficient (Wildman–Crippen LogP) is 13.4. The normalized spacial score (nSPS) is 11.2. The standard InChI is InChI=1S/C45H38N4O.C6H6O/c1-29(2)37-20-11-21-38(30(3)4)44(37)49-25-24-47-45(49)34-15-10-17-36(27-34)50-35-16-9-14-33(26-35)42-40-19-8-6-13-32(40)28-41(48-42)43-39-18-7-5-12-31(39)22-23-46-43;7-6-4-2-1-3-5-6/h5-30H,1-4H3;1-5,7H. The third-order valence-corrected chi connectivity index (χ3v) is 10.1. The van der Waals surface area contributed by atoms with Gasteiger partial charge in [-0.15, -0.1) is 0 Å². The zero-order valence-corrected chi connectivity index (χ0v) is 32.5. The molecule has 57 heavy (non-hydrogen) atoms. The lowest BCUT2D eigenvalue weighted by Gasteiger charge is -2.22. The number of aromatic hydroxyl groups is 1. The summed E-state index contributed by atoms with van der Waals surface area (Å²) in [5, 5.41) is 13.0. The van der Waals surface area contributed by atoms with E-state index in [0.717, 1.165) is 67.1 Å². The van der Waals surface area contributed by atoms with Gasteiger partial charge in [0, 0.05) is 40.5 Å². The maximum Gasteiger partial charge on any atom is 0.144 e. The third-order valence-electron chi connectivity index (χ3n) is 10.1. The molecule has 9 rings (SSSR count). The van der Waals surface area contributed by atoms with E-state index < -0.39 is 0 Å². The Morgan fingerprint density at radius 2 is 1.12 bits per heavy atom. The molecule has 0 unspecified atom stereocenters. The summed E-state index contributed by atoms with van der Waals surface area (Å²) in [6.07, 6.45) is 5.81. The van der Waals surface area contributed by atoms with E-state index in [0.29, 0.717) is 17.6 Å². The van der Waals surface area contributed by atoms with Crippen LogP contribution >= 0.6 is 0 Å². The molecule has 6 nitrogen and oxygen atoms in total. The quantitative estimate of drug-likeness (QED) is 0.168. The van der Waals surface area contributed by atoms with E-state index in [1.807, 2.05) is 54.9 Å². The van der Waals surface area contributed by atoms with Gasteiger partial charge in [0.25, 0.3) is 0 Å². The molecule has 0 saturated heterocycles. The second-order valence-electron chi connectivity index (χ2n) is 14.7. The molecule has 6 aromatic carbocycles. The molecule has 0 aliphatic carbocycles. The fraction of sp³-hybridized carbons (Fsp3) is 0.118. The summed E-state index contributed by atoms with van der Waals surface area (Å²) in [7, 11) is 0. The number of pyridine rings is 2. The van der Waals surface area contributed by atoms with Crippen molar-refractivity contribution in [3.63, 3.8) is 0 Å². The molecule has 0 bridgehead atoms. The summed E-state index contributed by atoms with van der Waals surface area (Å²) in [6, 6.07) is 52.6. The Morgan fingerprint density at radius 3 is 1.79 bits per heavy atom. The van der Waals surface area contributed by atoms with Gasteiger partial charge in [0.2, 0.25) is 0 Å². The lowest BCUT2D eigenvalue weighted by atomic mass is 9.92. The largest absolute Gasteiger partial charge is 0.508 e. The van der Waals surface area contributed by atoms with Crippen LogP contribution in [0.1, 0.15) is 50.7 Å². The van der Waals surface area contributed by atoms with Crippen molar-refractivity contribution in [1.29, 1.82) is 0 Å². The molecular weight excluding hydrogens is 701 g/mol. The lowest BCUT2D eigenvalue weighted by Crippen LogP contribution is -2.07. The van der Waals surface area contributed by atoms with Crippen LogP contribution in [0.4, 0.5) is 0 Å². The van der Waals surface area contributed by atoms with Crippen molar-refractivity contribution in [1.82, 2.24) is 19.5 Å². The number of para-hydroxylation sites is 2. The van der Waals surface area contributed by atoms with Crippen LogP contribution in [-0.2, 0) is 0 Å². The number of phenolic OH excluding ortho intramolecular Hbond substituents is 1. The van der Waals surface area contributed by atoms with Crippen LogP contribution in [0.5, 0.6) is 17.2 Å².